The van der Waals surface area contributed by atoms with E-state index in [2.05, 4.69) is 5.32 Å². The minimum Gasteiger partial charge on any atom is -0.462 e. The summed E-state index contributed by atoms with van der Waals surface area (Å²) < 4.78 is 29.2. The molecule has 0 aliphatic heterocycles. The third-order valence-electron chi connectivity index (χ3n) is 3.68. The lowest BCUT2D eigenvalue weighted by molar-refractivity contribution is 0.0531. The summed E-state index contributed by atoms with van der Waals surface area (Å²) in [5.74, 6) is -0.797. The van der Waals surface area contributed by atoms with Crippen LogP contribution < -0.4 is 5.32 Å². The molecule has 6 nitrogen and oxygen atoms in total. The Morgan fingerprint density at radius 3 is 2.35 bits per heavy atom. The minimum absolute atomic E-state index is 0.181. The molecule has 0 saturated carbocycles. The Balaban J connectivity index is 2.16. The van der Waals surface area contributed by atoms with Gasteiger partial charge in [0.15, 0.2) is 9.84 Å². The van der Waals surface area contributed by atoms with Crippen LogP contribution in [0, 0.1) is 6.92 Å². The summed E-state index contributed by atoms with van der Waals surface area (Å²) in [5.41, 5.74) is 1.05. The fourth-order valence-corrected chi connectivity index (χ4v) is 4.22. The first-order chi connectivity index (χ1) is 12.2. The second-order valence-electron chi connectivity index (χ2n) is 5.92. The van der Waals surface area contributed by atoms with E-state index in [1.54, 1.807) is 33.8 Å². The molecule has 1 aromatic heterocycles. The van der Waals surface area contributed by atoms with Crippen LogP contribution in [0.1, 0.15) is 46.4 Å². The molecule has 0 spiro atoms. The van der Waals surface area contributed by atoms with E-state index in [9.17, 15) is 18.0 Å². The SMILES string of the molecule is CCOC(=O)c1sc(NC(=O)c2ccc(S(=O)(=O)C(C)C)cc2)cc1C. The van der Waals surface area contributed by atoms with Crippen molar-refractivity contribution in [2.45, 2.75) is 37.8 Å². The van der Waals surface area contributed by atoms with Crippen molar-refractivity contribution in [2.24, 2.45) is 0 Å². The molecule has 0 saturated heterocycles. The van der Waals surface area contributed by atoms with Gasteiger partial charge in [0.1, 0.15) is 4.88 Å². The van der Waals surface area contributed by atoms with Crippen molar-refractivity contribution in [1.82, 2.24) is 0 Å². The fraction of sp³-hybridized carbons (Fsp3) is 0.333. The summed E-state index contributed by atoms with van der Waals surface area (Å²) in [7, 11) is -3.38. The summed E-state index contributed by atoms with van der Waals surface area (Å²) in [5, 5.41) is 2.71. The number of ether oxygens (including phenoxy) is 1. The highest BCUT2D eigenvalue weighted by atomic mass is 32.2. The number of thiophene rings is 1. The summed E-state index contributed by atoms with van der Waals surface area (Å²) in [4.78, 5) is 24.8. The average Bonchev–Trinajstić information content (AvgIpc) is 2.95. The van der Waals surface area contributed by atoms with Gasteiger partial charge < -0.3 is 10.1 Å². The standard InChI is InChI=1S/C18H21NO5S2/c1-5-24-18(21)16-12(4)10-15(25-16)19-17(20)13-6-8-14(9-7-13)26(22,23)11(2)3/h6-11H,5H2,1-4H3,(H,19,20). The Hall–Kier alpha value is -2.19. The van der Waals surface area contributed by atoms with E-state index in [1.807, 2.05) is 0 Å². The number of anilines is 1. The molecule has 0 fully saturated rings. The number of amides is 1. The molecule has 1 aromatic carbocycles. The van der Waals surface area contributed by atoms with Gasteiger partial charge in [-0.05, 0) is 63.6 Å². The maximum absolute atomic E-state index is 12.4. The summed E-state index contributed by atoms with van der Waals surface area (Å²) in [6, 6.07) is 7.49. The molecular weight excluding hydrogens is 374 g/mol. The molecule has 2 aromatic rings. The molecule has 1 N–H and O–H groups in total. The Bertz CT molecular complexity index is 912. The number of sulfone groups is 1. The number of carbonyl (C=O) groups is 2. The van der Waals surface area contributed by atoms with Crippen molar-refractivity contribution in [3.05, 3.63) is 46.3 Å². The van der Waals surface area contributed by atoms with Crippen LogP contribution in [0.15, 0.2) is 35.2 Å². The van der Waals surface area contributed by atoms with Crippen molar-refractivity contribution in [1.29, 1.82) is 0 Å². The third-order valence-corrected chi connectivity index (χ3v) is 6.98. The van der Waals surface area contributed by atoms with Gasteiger partial charge in [-0.3, -0.25) is 4.79 Å². The average molecular weight is 396 g/mol. The van der Waals surface area contributed by atoms with Crippen LogP contribution in [0.5, 0.6) is 0 Å². The Kier molecular flexibility index (Phi) is 6.20. The maximum atomic E-state index is 12.4. The monoisotopic (exact) mass is 395 g/mol. The van der Waals surface area contributed by atoms with Crippen LogP contribution in [0.4, 0.5) is 5.00 Å². The first-order valence-electron chi connectivity index (χ1n) is 8.09. The highest BCUT2D eigenvalue weighted by Crippen LogP contribution is 2.28. The van der Waals surface area contributed by atoms with Crippen LogP contribution in [0.25, 0.3) is 0 Å². The third kappa shape index (κ3) is 4.31. The van der Waals surface area contributed by atoms with Crippen LogP contribution >= 0.6 is 11.3 Å². The second-order valence-corrected chi connectivity index (χ2v) is 9.47. The Morgan fingerprint density at radius 1 is 1.19 bits per heavy atom. The van der Waals surface area contributed by atoms with Crippen molar-refractivity contribution in [2.75, 3.05) is 11.9 Å². The second kappa shape index (κ2) is 8.01. The topological polar surface area (TPSA) is 89.5 Å². The van der Waals surface area contributed by atoms with Gasteiger partial charge in [0.2, 0.25) is 0 Å². The number of hydrogen-bond acceptors (Lipinski definition) is 6. The number of aryl methyl sites for hydroxylation is 1. The zero-order chi connectivity index (χ0) is 19.5. The number of esters is 1. The van der Waals surface area contributed by atoms with E-state index in [0.29, 0.717) is 15.4 Å². The van der Waals surface area contributed by atoms with Crippen LogP contribution in [0.3, 0.4) is 0 Å². The van der Waals surface area contributed by atoms with Gasteiger partial charge in [-0.1, -0.05) is 0 Å². The first kappa shape index (κ1) is 20.1. The van der Waals surface area contributed by atoms with Crippen molar-refractivity contribution in [3.63, 3.8) is 0 Å². The molecule has 0 unspecified atom stereocenters. The van der Waals surface area contributed by atoms with Crippen LogP contribution in [-0.2, 0) is 14.6 Å². The molecule has 0 aliphatic carbocycles. The zero-order valence-electron chi connectivity index (χ0n) is 15.0. The summed E-state index contributed by atoms with van der Waals surface area (Å²) in [6.07, 6.45) is 0. The molecule has 1 amide bonds. The number of carbonyl (C=O) groups excluding carboxylic acids is 2. The van der Waals surface area contributed by atoms with Gasteiger partial charge in [-0.2, -0.15) is 0 Å². The number of hydrogen-bond donors (Lipinski definition) is 1. The lowest BCUT2D eigenvalue weighted by atomic mass is 10.2. The van der Waals surface area contributed by atoms with E-state index in [0.717, 1.165) is 16.9 Å². The summed E-state index contributed by atoms with van der Waals surface area (Å²) >= 11 is 1.14. The van der Waals surface area contributed by atoms with E-state index in [4.69, 9.17) is 4.74 Å². The van der Waals surface area contributed by atoms with Gasteiger partial charge in [-0.25, -0.2) is 13.2 Å². The van der Waals surface area contributed by atoms with Crippen molar-refractivity contribution >= 4 is 38.1 Å². The van der Waals surface area contributed by atoms with E-state index < -0.39 is 21.1 Å². The molecule has 0 radical (unpaired) electrons. The molecular formula is C18H21NO5S2. The van der Waals surface area contributed by atoms with Crippen molar-refractivity contribution < 1.29 is 22.7 Å². The number of rotatable bonds is 6. The highest BCUT2D eigenvalue weighted by molar-refractivity contribution is 7.92. The maximum Gasteiger partial charge on any atom is 0.348 e. The van der Waals surface area contributed by atoms with Crippen LogP contribution in [0.2, 0.25) is 0 Å². The molecule has 1 heterocycles. The molecule has 140 valence electrons. The molecule has 8 heteroatoms. The fourth-order valence-electron chi connectivity index (χ4n) is 2.20. The van der Waals surface area contributed by atoms with E-state index in [1.165, 1.54) is 24.3 Å². The van der Waals surface area contributed by atoms with Crippen LogP contribution in [-0.4, -0.2) is 32.2 Å². The van der Waals surface area contributed by atoms with Gasteiger partial charge in [-0.15, -0.1) is 11.3 Å². The predicted molar refractivity (Wildman–Crippen MR) is 102 cm³/mol. The Morgan fingerprint density at radius 2 is 1.81 bits per heavy atom. The van der Waals surface area contributed by atoms with Gasteiger partial charge in [0.25, 0.3) is 5.91 Å². The predicted octanol–water partition coefficient (Wildman–Crippen LogP) is 3.67. The number of benzene rings is 1. The van der Waals surface area contributed by atoms with Gasteiger partial charge >= 0.3 is 5.97 Å². The molecule has 0 bridgehead atoms. The molecule has 0 aliphatic rings. The quantitative estimate of drug-likeness (QED) is 0.754. The van der Waals surface area contributed by atoms with Gasteiger partial charge in [0.05, 0.1) is 21.8 Å². The summed E-state index contributed by atoms with van der Waals surface area (Å²) in [6.45, 7) is 6.99. The minimum atomic E-state index is -3.38. The smallest absolute Gasteiger partial charge is 0.348 e. The lowest BCUT2D eigenvalue weighted by Crippen LogP contribution is -2.15. The lowest BCUT2D eigenvalue weighted by Gasteiger charge is -2.08. The van der Waals surface area contributed by atoms with Gasteiger partial charge in [0, 0.05) is 5.56 Å². The van der Waals surface area contributed by atoms with Crippen molar-refractivity contribution in [3.8, 4) is 0 Å². The van der Waals surface area contributed by atoms with E-state index in [-0.39, 0.29) is 17.4 Å². The largest absolute Gasteiger partial charge is 0.462 e. The van der Waals surface area contributed by atoms with E-state index >= 15 is 0 Å². The molecule has 2 rings (SSSR count). The Labute approximate surface area is 157 Å². The molecule has 0 atom stereocenters. The first-order valence-corrected chi connectivity index (χ1v) is 10.5. The normalized spacial score (nSPS) is 11.4. The zero-order valence-corrected chi connectivity index (χ0v) is 16.7. The number of nitrogens with one attached hydrogen (secondary N) is 1. The highest BCUT2D eigenvalue weighted by Gasteiger charge is 2.20. The molecule has 26 heavy (non-hydrogen) atoms.